The third kappa shape index (κ3) is 2.32. The fraction of sp³-hybridized carbons (Fsp3) is 0.0588. The van der Waals surface area contributed by atoms with Gasteiger partial charge >= 0.3 is 5.97 Å². The van der Waals surface area contributed by atoms with Crippen molar-refractivity contribution in [3.8, 4) is 0 Å². The maximum atomic E-state index is 11.2. The summed E-state index contributed by atoms with van der Waals surface area (Å²) in [5.41, 5.74) is 2.35. The van der Waals surface area contributed by atoms with E-state index >= 15 is 0 Å². The second-order valence-electron chi connectivity index (χ2n) is 5.44. The highest BCUT2D eigenvalue weighted by Crippen LogP contribution is 2.30. The van der Waals surface area contributed by atoms with E-state index in [4.69, 9.17) is 0 Å². The van der Waals surface area contributed by atoms with Crippen LogP contribution >= 0.6 is 0 Å². The number of rotatable bonds is 3. The van der Waals surface area contributed by atoms with Gasteiger partial charge in [-0.1, -0.05) is 0 Å². The molecule has 0 aliphatic rings. The van der Waals surface area contributed by atoms with Crippen molar-refractivity contribution in [1.29, 1.82) is 0 Å². The molecule has 0 aliphatic carbocycles. The van der Waals surface area contributed by atoms with Gasteiger partial charge in [0.25, 0.3) is 0 Å². The molecule has 0 bridgehead atoms. The molecule has 4 aromatic rings. The normalized spacial score (nSPS) is 11.0. The standard InChI is InChI=1S/C17H13N5O2/c1-9-6-10(2-5-19-9)20-15-11-3-4-18-8-13(11)12-7-14(17(23)24)21-16(12)22-15/h2-8H,1H3,(H,23,24)(H2,19,20,21,22). The second-order valence-corrected chi connectivity index (χ2v) is 5.44. The van der Waals surface area contributed by atoms with E-state index in [1.807, 2.05) is 25.1 Å². The third-order valence-electron chi connectivity index (χ3n) is 3.78. The van der Waals surface area contributed by atoms with Gasteiger partial charge in [-0.3, -0.25) is 9.97 Å². The molecule has 0 amide bonds. The lowest BCUT2D eigenvalue weighted by molar-refractivity contribution is 0.0691. The highest BCUT2D eigenvalue weighted by molar-refractivity contribution is 6.11. The Labute approximate surface area is 136 Å². The molecule has 0 fully saturated rings. The highest BCUT2D eigenvalue weighted by atomic mass is 16.4. The first-order chi connectivity index (χ1) is 11.6. The van der Waals surface area contributed by atoms with Crippen LogP contribution in [0.5, 0.6) is 0 Å². The zero-order chi connectivity index (χ0) is 16.7. The van der Waals surface area contributed by atoms with Gasteiger partial charge in [-0.15, -0.1) is 0 Å². The van der Waals surface area contributed by atoms with E-state index in [-0.39, 0.29) is 5.69 Å². The summed E-state index contributed by atoms with van der Waals surface area (Å²) in [5.74, 6) is -0.395. The molecule has 24 heavy (non-hydrogen) atoms. The third-order valence-corrected chi connectivity index (χ3v) is 3.78. The molecular weight excluding hydrogens is 306 g/mol. The number of H-pyrrole nitrogens is 1. The monoisotopic (exact) mass is 319 g/mol. The van der Waals surface area contributed by atoms with Gasteiger partial charge in [0.05, 0.1) is 0 Å². The van der Waals surface area contributed by atoms with Gasteiger partial charge in [-0.2, -0.15) is 0 Å². The van der Waals surface area contributed by atoms with Gasteiger partial charge in [0, 0.05) is 46.1 Å². The van der Waals surface area contributed by atoms with E-state index in [0.29, 0.717) is 11.5 Å². The molecule has 7 heteroatoms. The molecule has 0 saturated heterocycles. The number of nitrogens with one attached hydrogen (secondary N) is 2. The number of carbonyl (C=O) groups is 1. The van der Waals surface area contributed by atoms with Crippen LogP contribution in [0.3, 0.4) is 0 Å². The molecule has 0 saturated carbocycles. The smallest absolute Gasteiger partial charge is 0.352 e. The minimum Gasteiger partial charge on any atom is -0.477 e. The van der Waals surface area contributed by atoms with Crippen LogP contribution in [-0.2, 0) is 0 Å². The maximum absolute atomic E-state index is 11.2. The first kappa shape index (κ1) is 14.1. The van der Waals surface area contributed by atoms with Crippen LogP contribution in [-0.4, -0.2) is 31.0 Å². The molecule has 0 aliphatic heterocycles. The average molecular weight is 319 g/mol. The van der Waals surface area contributed by atoms with Gasteiger partial charge in [0.15, 0.2) is 0 Å². The Balaban J connectivity index is 1.94. The molecule has 0 spiro atoms. The van der Waals surface area contributed by atoms with Crippen molar-refractivity contribution in [2.75, 3.05) is 5.32 Å². The number of hydrogen-bond donors (Lipinski definition) is 3. The fourth-order valence-electron chi connectivity index (χ4n) is 2.70. The average Bonchev–Trinajstić information content (AvgIpc) is 3.00. The first-order valence-corrected chi connectivity index (χ1v) is 7.31. The number of carboxylic acid groups (broad SMARTS) is 1. The number of anilines is 2. The molecule has 118 valence electrons. The molecule has 0 radical (unpaired) electrons. The Morgan fingerprint density at radius 2 is 2.04 bits per heavy atom. The van der Waals surface area contributed by atoms with Gasteiger partial charge in [0.2, 0.25) is 0 Å². The Morgan fingerprint density at radius 1 is 1.17 bits per heavy atom. The van der Waals surface area contributed by atoms with Crippen LogP contribution in [0.2, 0.25) is 0 Å². The van der Waals surface area contributed by atoms with E-state index in [0.717, 1.165) is 27.5 Å². The number of fused-ring (bicyclic) bond motifs is 3. The summed E-state index contributed by atoms with van der Waals surface area (Å²) in [7, 11) is 0. The quantitative estimate of drug-likeness (QED) is 0.535. The molecular formula is C17H13N5O2. The van der Waals surface area contributed by atoms with Gasteiger partial charge in [-0.25, -0.2) is 9.78 Å². The van der Waals surface area contributed by atoms with E-state index < -0.39 is 5.97 Å². The summed E-state index contributed by atoms with van der Waals surface area (Å²) in [6, 6.07) is 7.19. The molecule has 0 atom stereocenters. The van der Waals surface area contributed by atoms with Crippen LogP contribution in [0.25, 0.3) is 21.8 Å². The Bertz CT molecular complexity index is 1090. The zero-order valence-corrected chi connectivity index (χ0v) is 12.7. The van der Waals surface area contributed by atoms with Crippen molar-refractivity contribution >= 4 is 39.3 Å². The number of aromatic nitrogens is 4. The van der Waals surface area contributed by atoms with Gasteiger partial charge in [0.1, 0.15) is 17.2 Å². The number of pyridine rings is 3. The molecule has 7 nitrogen and oxygen atoms in total. The molecule has 4 heterocycles. The van der Waals surface area contributed by atoms with Crippen LogP contribution in [0, 0.1) is 6.92 Å². The summed E-state index contributed by atoms with van der Waals surface area (Å²) in [4.78, 5) is 26.9. The maximum Gasteiger partial charge on any atom is 0.352 e. The van der Waals surface area contributed by atoms with Crippen LogP contribution in [0.4, 0.5) is 11.5 Å². The van der Waals surface area contributed by atoms with Crippen molar-refractivity contribution in [3.63, 3.8) is 0 Å². The summed E-state index contributed by atoms with van der Waals surface area (Å²) < 4.78 is 0. The SMILES string of the molecule is Cc1cc(Nc2nc3[nH]c(C(=O)O)cc3c3cnccc23)ccn1. The zero-order valence-electron chi connectivity index (χ0n) is 12.7. The largest absolute Gasteiger partial charge is 0.477 e. The fourth-order valence-corrected chi connectivity index (χ4v) is 2.70. The van der Waals surface area contributed by atoms with Gasteiger partial charge in [-0.05, 0) is 31.2 Å². The van der Waals surface area contributed by atoms with Crippen molar-refractivity contribution in [2.24, 2.45) is 0 Å². The van der Waals surface area contributed by atoms with Crippen LogP contribution < -0.4 is 5.32 Å². The lowest BCUT2D eigenvalue weighted by Crippen LogP contribution is -1.97. The summed E-state index contributed by atoms with van der Waals surface area (Å²) in [6.07, 6.45) is 5.11. The summed E-state index contributed by atoms with van der Waals surface area (Å²) in [6.45, 7) is 1.91. The number of aryl methyl sites for hydroxylation is 1. The first-order valence-electron chi connectivity index (χ1n) is 7.31. The number of aromatic carboxylic acids is 1. The predicted octanol–water partition coefficient (Wildman–Crippen LogP) is 3.26. The topological polar surface area (TPSA) is 104 Å². The minimum absolute atomic E-state index is 0.0968. The van der Waals surface area contributed by atoms with E-state index in [9.17, 15) is 9.90 Å². The minimum atomic E-state index is -1.02. The van der Waals surface area contributed by atoms with Crippen LogP contribution in [0.15, 0.2) is 42.9 Å². The summed E-state index contributed by atoms with van der Waals surface area (Å²) >= 11 is 0. The lowest BCUT2D eigenvalue weighted by Gasteiger charge is -2.10. The Kier molecular flexibility index (Phi) is 3.13. The van der Waals surface area contributed by atoms with E-state index in [2.05, 4.69) is 25.3 Å². The molecule has 4 aromatic heterocycles. The molecule has 3 N–H and O–H groups in total. The van der Waals surface area contributed by atoms with E-state index in [1.54, 1.807) is 24.7 Å². The molecule has 0 aromatic carbocycles. The Hall–Kier alpha value is -3.48. The number of carboxylic acids is 1. The van der Waals surface area contributed by atoms with E-state index in [1.165, 1.54) is 0 Å². The number of aromatic amines is 1. The number of hydrogen-bond acceptors (Lipinski definition) is 5. The van der Waals surface area contributed by atoms with Crippen molar-refractivity contribution in [1.82, 2.24) is 19.9 Å². The predicted molar refractivity (Wildman–Crippen MR) is 90.6 cm³/mol. The van der Waals surface area contributed by atoms with Crippen molar-refractivity contribution < 1.29 is 9.90 Å². The second kappa shape index (κ2) is 5.31. The van der Waals surface area contributed by atoms with Crippen LogP contribution in [0.1, 0.15) is 16.2 Å². The summed E-state index contributed by atoms with van der Waals surface area (Å²) in [5, 5.41) is 14.9. The number of nitrogens with zero attached hydrogens (tertiary/aromatic N) is 3. The Morgan fingerprint density at radius 3 is 2.83 bits per heavy atom. The van der Waals surface area contributed by atoms with Gasteiger partial charge < -0.3 is 15.4 Å². The lowest BCUT2D eigenvalue weighted by atomic mass is 10.1. The van der Waals surface area contributed by atoms with Crippen molar-refractivity contribution in [3.05, 3.63) is 54.2 Å². The molecule has 4 rings (SSSR count). The van der Waals surface area contributed by atoms with Crippen molar-refractivity contribution in [2.45, 2.75) is 6.92 Å². The molecule has 0 unspecified atom stereocenters. The highest BCUT2D eigenvalue weighted by Gasteiger charge is 2.14.